The van der Waals surface area contributed by atoms with Gasteiger partial charge in [0.15, 0.2) is 5.13 Å². The first kappa shape index (κ1) is 11.3. The number of nitrogens with zero attached hydrogens (tertiary/aromatic N) is 3. The summed E-state index contributed by atoms with van der Waals surface area (Å²) in [4.78, 5) is 16.1. The smallest absolute Gasteiger partial charge is 0.345 e. The number of thiazole rings is 1. The fraction of sp³-hybridized carbons (Fsp3) is 0.667. The third kappa shape index (κ3) is 2.14. The second kappa shape index (κ2) is 4.75. The van der Waals surface area contributed by atoms with Crippen molar-refractivity contribution in [2.75, 3.05) is 18.1 Å². The molecule has 1 heterocycles. The largest absolute Gasteiger partial charge is 0.395 e. The zero-order chi connectivity index (χ0) is 11.5. The highest BCUT2D eigenvalue weighted by molar-refractivity contribution is 7.18. The normalized spacial score (nSPS) is 15.8. The number of aliphatic hydroxyl groups is 1. The molecule has 7 heteroatoms. The van der Waals surface area contributed by atoms with E-state index in [0.29, 0.717) is 17.7 Å². The van der Waals surface area contributed by atoms with Gasteiger partial charge in [-0.15, -0.1) is 0 Å². The van der Waals surface area contributed by atoms with Crippen molar-refractivity contribution in [3.8, 4) is 0 Å². The van der Waals surface area contributed by atoms with Crippen molar-refractivity contribution < 1.29 is 10.0 Å². The summed E-state index contributed by atoms with van der Waals surface area (Å²) in [5.41, 5.74) is 0. The van der Waals surface area contributed by atoms with Crippen LogP contribution < -0.4 is 4.90 Å². The number of aromatic nitrogens is 1. The molecule has 0 unspecified atom stereocenters. The molecular formula is C9H13N3O3S. The highest BCUT2D eigenvalue weighted by Gasteiger charge is 2.27. The minimum absolute atomic E-state index is 0.0455. The van der Waals surface area contributed by atoms with Crippen LogP contribution in [0.4, 0.5) is 10.1 Å². The van der Waals surface area contributed by atoms with Gasteiger partial charge in [0.25, 0.3) is 0 Å². The number of nitro groups is 1. The zero-order valence-corrected chi connectivity index (χ0v) is 9.52. The summed E-state index contributed by atoms with van der Waals surface area (Å²) < 4.78 is 0. The van der Waals surface area contributed by atoms with Crippen LogP contribution in [0.15, 0.2) is 6.20 Å². The van der Waals surface area contributed by atoms with E-state index in [0.717, 1.165) is 24.2 Å². The SMILES string of the molecule is O=[N+]([O-])c1cnc(N(CCO)C2CCC2)s1. The van der Waals surface area contributed by atoms with E-state index in [-0.39, 0.29) is 11.6 Å². The lowest BCUT2D eigenvalue weighted by Crippen LogP contribution is -2.41. The van der Waals surface area contributed by atoms with Crippen molar-refractivity contribution in [1.29, 1.82) is 0 Å². The Morgan fingerprint density at radius 3 is 2.88 bits per heavy atom. The Kier molecular flexibility index (Phi) is 3.35. The number of aliphatic hydroxyl groups excluding tert-OH is 1. The van der Waals surface area contributed by atoms with Crippen LogP contribution in [0.3, 0.4) is 0 Å². The molecule has 0 amide bonds. The molecule has 1 aliphatic carbocycles. The van der Waals surface area contributed by atoms with Gasteiger partial charge in [-0.05, 0) is 30.6 Å². The second-order valence-electron chi connectivity index (χ2n) is 3.74. The Bertz CT molecular complexity index is 378. The molecule has 6 nitrogen and oxygen atoms in total. The average Bonchev–Trinajstić information content (AvgIpc) is 2.62. The van der Waals surface area contributed by atoms with Gasteiger partial charge in [0, 0.05) is 12.6 Å². The lowest BCUT2D eigenvalue weighted by atomic mass is 9.92. The molecule has 1 aromatic heterocycles. The van der Waals surface area contributed by atoms with Gasteiger partial charge in [-0.2, -0.15) is 0 Å². The van der Waals surface area contributed by atoms with E-state index in [1.807, 2.05) is 4.90 Å². The molecule has 0 aliphatic heterocycles. The summed E-state index contributed by atoms with van der Waals surface area (Å²) in [5.74, 6) is 0. The van der Waals surface area contributed by atoms with Crippen LogP contribution in [0.5, 0.6) is 0 Å². The first-order chi connectivity index (χ1) is 7.72. The summed E-state index contributed by atoms with van der Waals surface area (Å²) in [5, 5.41) is 20.2. The van der Waals surface area contributed by atoms with E-state index in [1.54, 1.807) is 0 Å². The van der Waals surface area contributed by atoms with E-state index < -0.39 is 4.92 Å². The molecule has 1 N–H and O–H groups in total. The monoisotopic (exact) mass is 243 g/mol. The van der Waals surface area contributed by atoms with Crippen LogP contribution in [0.25, 0.3) is 0 Å². The summed E-state index contributed by atoms with van der Waals surface area (Å²) in [6.45, 7) is 0.541. The number of hydrogen-bond acceptors (Lipinski definition) is 6. The molecule has 2 rings (SSSR count). The van der Waals surface area contributed by atoms with E-state index in [1.165, 1.54) is 12.6 Å². The predicted molar refractivity (Wildman–Crippen MR) is 60.8 cm³/mol. The van der Waals surface area contributed by atoms with Crippen LogP contribution in [0.2, 0.25) is 0 Å². The Hall–Kier alpha value is -1.21. The van der Waals surface area contributed by atoms with Gasteiger partial charge in [0.05, 0.1) is 11.5 Å². The van der Waals surface area contributed by atoms with Crippen molar-refractivity contribution >= 4 is 21.5 Å². The minimum Gasteiger partial charge on any atom is -0.395 e. The molecule has 0 atom stereocenters. The molecule has 1 saturated carbocycles. The molecule has 1 fully saturated rings. The minimum atomic E-state index is -0.431. The van der Waals surface area contributed by atoms with Gasteiger partial charge in [-0.1, -0.05) is 0 Å². The zero-order valence-electron chi connectivity index (χ0n) is 8.70. The average molecular weight is 243 g/mol. The van der Waals surface area contributed by atoms with Crippen molar-refractivity contribution in [3.63, 3.8) is 0 Å². The van der Waals surface area contributed by atoms with Crippen LogP contribution in [0, 0.1) is 10.1 Å². The molecular weight excluding hydrogens is 230 g/mol. The Morgan fingerprint density at radius 2 is 2.44 bits per heavy atom. The van der Waals surface area contributed by atoms with Gasteiger partial charge in [0.2, 0.25) is 0 Å². The van der Waals surface area contributed by atoms with Crippen molar-refractivity contribution in [1.82, 2.24) is 4.98 Å². The molecule has 1 aromatic rings. The number of rotatable bonds is 5. The fourth-order valence-electron chi connectivity index (χ4n) is 1.71. The van der Waals surface area contributed by atoms with E-state index in [9.17, 15) is 10.1 Å². The summed E-state index contributed by atoms with van der Waals surface area (Å²) in [6, 6.07) is 0.387. The lowest BCUT2D eigenvalue weighted by Gasteiger charge is -2.36. The molecule has 1 aliphatic rings. The quantitative estimate of drug-likeness (QED) is 0.624. The lowest BCUT2D eigenvalue weighted by molar-refractivity contribution is -0.380. The highest BCUT2D eigenvalue weighted by atomic mass is 32.1. The maximum Gasteiger partial charge on any atom is 0.345 e. The molecule has 16 heavy (non-hydrogen) atoms. The first-order valence-corrected chi connectivity index (χ1v) is 6.01. The van der Waals surface area contributed by atoms with E-state index in [2.05, 4.69) is 4.98 Å². The van der Waals surface area contributed by atoms with Gasteiger partial charge in [-0.3, -0.25) is 10.1 Å². The molecule has 0 saturated heterocycles. The maximum absolute atomic E-state index is 10.6. The van der Waals surface area contributed by atoms with Crippen LogP contribution in [-0.2, 0) is 0 Å². The molecule has 0 spiro atoms. The van der Waals surface area contributed by atoms with Crippen molar-refractivity contribution in [2.24, 2.45) is 0 Å². The summed E-state index contributed by atoms with van der Waals surface area (Å²) in [6.07, 6.45) is 4.61. The van der Waals surface area contributed by atoms with Gasteiger partial charge >= 0.3 is 5.00 Å². The first-order valence-electron chi connectivity index (χ1n) is 5.20. The molecule has 0 bridgehead atoms. The topological polar surface area (TPSA) is 79.5 Å². The Morgan fingerprint density at radius 1 is 1.69 bits per heavy atom. The summed E-state index contributed by atoms with van der Waals surface area (Å²) >= 11 is 1.07. The number of hydrogen-bond donors (Lipinski definition) is 1. The highest BCUT2D eigenvalue weighted by Crippen LogP contribution is 2.34. The van der Waals surface area contributed by atoms with Gasteiger partial charge in [-0.25, -0.2) is 4.98 Å². The fourth-order valence-corrected chi connectivity index (χ4v) is 2.54. The molecule has 0 aromatic carbocycles. The molecule has 88 valence electrons. The van der Waals surface area contributed by atoms with E-state index in [4.69, 9.17) is 5.11 Å². The number of anilines is 1. The van der Waals surface area contributed by atoms with Crippen molar-refractivity contribution in [3.05, 3.63) is 16.3 Å². The van der Waals surface area contributed by atoms with Crippen molar-refractivity contribution in [2.45, 2.75) is 25.3 Å². The van der Waals surface area contributed by atoms with Crippen LogP contribution in [0.1, 0.15) is 19.3 Å². The third-order valence-electron chi connectivity index (χ3n) is 2.76. The maximum atomic E-state index is 10.6. The van der Waals surface area contributed by atoms with E-state index >= 15 is 0 Å². The second-order valence-corrected chi connectivity index (χ2v) is 4.73. The van der Waals surface area contributed by atoms with Crippen LogP contribution in [-0.4, -0.2) is 34.2 Å². The third-order valence-corrected chi connectivity index (χ3v) is 3.75. The predicted octanol–water partition coefficient (Wildman–Crippen LogP) is 1.40. The summed E-state index contributed by atoms with van der Waals surface area (Å²) in [7, 11) is 0. The Balaban J connectivity index is 2.13. The Labute approximate surface area is 96.7 Å². The van der Waals surface area contributed by atoms with Gasteiger partial charge in [0.1, 0.15) is 6.20 Å². The molecule has 0 radical (unpaired) electrons. The van der Waals surface area contributed by atoms with Gasteiger partial charge < -0.3 is 10.0 Å². The van der Waals surface area contributed by atoms with Crippen LogP contribution >= 0.6 is 11.3 Å². The standard InChI is InChI=1S/C9H13N3O3S/c13-5-4-11(7-2-1-3-7)9-10-6-8(16-9)12(14)15/h6-7,13H,1-5H2.